The van der Waals surface area contributed by atoms with Crippen molar-refractivity contribution in [2.75, 3.05) is 18.5 Å². The van der Waals surface area contributed by atoms with Gasteiger partial charge in [-0.2, -0.15) is 0 Å². The van der Waals surface area contributed by atoms with E-state index in [0.29, 0.717) is 12.1 Å². The molecule has 4 rings (SSSR count). The van der Waals surface area contributed by atoms with Gasteiger partial charge < -0.3 is 14.8 Å². The number of amides is 1. The zero-order valence-corrected chi connectivity index (χ0v) is 16.4. The number of halogens is 3. The third-order valence-corrected chi connectivity index (χ3v) is 5.64. The number of aryl methyl sites for hydroxylation is 2. The van der Waals surface area contributed by atoms with E-state index < -0.39 is 6.43 Å². The average Bonchev–Trinajstić information content (AvgIpc) is 3.02. The van der Waals surface area contributed by atoms with E-state index in [1.165, 1.54) is 6.07 Å². The van der Waals surface area contributed by atoms with Gasteiger partial charge in [-0.05, 0) is 48.7 Å². The Morgan fingerprint density at radius 3 is 2.75 bits per heavy atom. The zero-order chi connectivity index (χ0) is 20.0. The smallest absolute Gasteiger partial charge is 0.265 e. The highest BCUT2D eigenvalue weighted by Gasteiger charge is 2.24. The highest BCUT2D eigenvalue weighted by molar-refractivity contribution is 6.31. The summed E-state index contributed by atoms with van der Waals surface area (Å²) in [4.78, 5) is 14.3. The van der Waals surface area contributed by atoms with Crippen molar-refractivity contribution in [1.29, 1.82) is 0 Å². The maximum Gasteiger partial charge on any atom is 0.265 e. The third kappa shape index (κ3) is 3.02. The monoisotopic (exact) mass is 403 g/mol. The fourth-order valence-corrected chi connectivity index (χ4v) is 4.19. The van der Waals surface area contributed by atoms with Gasteiger partial charge in [-0.3, -0.25) is 4.79 Å². The lowest BCUT2D eigenvalue weighted by Gasteiger charge is -2.32. The number of fused-ring (bicyclic) bond motifs is 2. The maximum atomic E-state index is 13.4. The van der Waals surface area contributed by atoms with Crippen LogP contribution >= 0.6 is 11.6 Å². The zero-order valence-electron chi connectivity index (χ0n) is 15.6. The molecule has 0 aliphatic carbocycles. The van der Waals surface area contributed by atoms with Crippen LogP contribution in [0, 0.1) is 0 Å². The van der Waals surface area contributed by atoms with Crippen molar-refractivity contribution in [1.82, 2.24) is 9.88 Å². The first-order valence-corrected chi connectivity index (χ1v) is 9.47. The van der Waals surface area contributed by atoms with Crippen LogP contribution in [0.3, 0.4) is 0 Å². The molecular formula is C21H20ClF2N3O. The van der Waals surface area contributed by atoms with Gasteiger partial charge in [0.15, 0.2) is 0 Å². The molecule has 1 N–H and O–H groups in total. The van der Waals surface area contributed by atoms with Crippen LogP contribution in [0.5, 0.6) is 0 Å². The molecule has 146 valence electrons. The van der Waals surface area contributed by atoms with Crippen molar-refractivity contribution < 1.29 is 13.6 Å². The lowest BCUT2D eigenvalue weighted by atomic mass is 9.98. The molecule has 3 aromatic rings. The number of alkyl halides is 2. The molecule has 0 radical (unpaired) electrons. The second-order valence-electron chi connectivity index (χ2n) is 6.99. The molecule has 1 aromatic heterocycles. The second kappa shape index (κ2) is 7.09. The predicted octanol–water partition coefficient (Wildman–Crippen LogP) is 5.21. The lowest BCUT2D eigenvalue weighted by molar-refractivity contribution is 0.0964. The molecule has 0 bridgehead atoms. The Bertz CT molecular complexity index is 1080. The van der Waals surface area contributed by atoms with Crippen LogP contribution in [0.4, 0.5) is 20.2 Å². The highest BCUT2D eigenvalue weighted by Crippen LogP contribution is 2.40. The van der Waals surface area contributed by atoms with Gasteiger partial charge in [-0.15, -0.1) is 0 Å². The molecule has 0 atom stereocenters. The minimum Gasteiger partial charge on any atom is -0.355 e. The number of carbonyl (C=O) groups is 1. The Balaban J connectivity index is 1.86. The standard InChI is InChI=1S/C21H20ClF2N3O/c1-25-21(28)16-11-26(2)18-6-5-13(9-14(16)18)27-7-3-4-12-8-17(22)15(20(23)24)10-19(12)27/h5-6,8-11,20H,3-4,7H2,1-2H3,(H,25,28). The fourth-order valence-electron chi connectivity index (χ4n) is 3.92. The number of aromatic nitrogens is 1. The number of carbonyl (C=O) groups excluding carboxylic acids is 1. The number of anilines is 2. The van der Waals surface area contributed by atoms with Crippen molar-refractivity contribution in [3.63, 3.8) is 0 Å². The average molecular weight is 404 g/mol. The van der Waals surface area contributed by atoms with Crippen molar-refractivity contribution in [3.05, 3.63) is 58.2 Å². The maximum absolute atomic E-state index is 13.4. The van der Waals surface area contributed by atoms with Crippen LogP contribution in [0.25, 0.3) is 10.9 Å². The minimum absolute atomic E-state index is 0.107. The van der Waals surface area contributed by atoms with Gasteiger partial charge in [0.25, 0.3) is 12.3 Å². The molecule has 1 aliphatic rings. The van der Waals surface area contributed by atoms with Crippen molar-refractivity contribution >= 4 is 39.8 Å². The van der Waals surface area contributed by atoms with Gasteiger partial charge in [-0.25, -0.2) is 8.78 Å². The lowest BCUT2D eigenvalue weighted by Crippen LogP contribution is -2.25. The molecule has 4 nitrogen and oxygen atoms in total. The van der Waals surface area contributed by atoms with Gasteiger partial charge in [0, 0.05) is 59.7 Å². The molecule has 0 saturated carbocycles. The number of rotatable bonds is 3. The molecule has 0 spiro atoms. The van der Waals surface area contributed by atoms with E-state index in [-0.39, 0.29) is 16.5 Å². The summed E-state index contributed by atoms with van der Waals surface area (Å²) in [6, 6.07) is 9.01. The van der Waals surface area contributed by atoms with E-state index in [1.54, 1.807) is 19.3 Å². The minimum atomic E-state index is -2.63. The Labute approximate surface area is 166 Å². The first-order chi connectivity index (χ1) is 13.4. The van der Waals surface area contributed by atoms with Gasteiger partial charge in [0.2, 0.25) is 0 Å². The van der Waals surface area contributed by atoms with Gasteiger partial charge in [0.05, 0.1) is 5.56 Å². The molecular weight excluding hydrogens is 384 g/mol. The van der Waals surface area contributed by atoms with Crippen LogP contribution in [0.2, 0.25) is 5.02 Å². The normalized spacial score (nSPS) is 13.9. The van der Waals surface area contributed by atoms with Crippen LogP contribution in [-0.2, 0) is 13.5 Å². The van der Waals surface area contributed by atoms with Crippen molar-refractivity contribution in [2.24, 2.45) is 7.05 Å². The summed E-state index contributed by atoms with van der Waals surface area (Å²) < 4.78 is 28.6. The summed E-state index contributed by atoms with van der Waals surface area (Å²) in [6.07, 6.45) is 0.864. The molecule has 2 heterocycles. The fraction of sp³-hybridized carbons (Fsp3) is 0.286. The first-order valence-electron chi connectivity index (χ1n) is 9.10. The summed E-state index contributed by atoms with van der Waals surface area (Å²) in [5.41, 5.74) is 3.95. The summed E-state index contributed by atoms with van der Waals surface area (Å²) >= 11 is 6.06. The van der Waals surface area contributed by atoms with Gasteiger partial charge in [0.1, 0.15) is 0 Å². The predicted molar refractivity (Wildman–Crippen MR) is 108 cm³/mol. The summed E-state index contributed by atoms with van der Waals surface area (Å²) in [6.45, 7) is 0.713. The van der Waals surface area contributed by atoms with E-state index in [2.05, 4.69) is 5.32 Å². The SMILES string of the molecule is CNC(=O)c1cn(C)c2ccc(N3CCCc4cc(Cl)c(C(F)F)cc43)cc12. The van der Waals surface area contributed by atoms with E-state index in [0.717, 1.165) is 40.7 Å². The van der Waals surface area contributed by atoms with Gasteiger partial charge >= 0.3 is 0 Å². The molecule has 7 heteroatoms. The second-order valence-corrected chi connectivity index (χ2v) is 7.40. The number of hydrogen-bond acceptors (Lipinski definition) is 2. The van der Waals surface area contributed by atoms with Crippen LogP contribution < -0.4 is 10.2 Å². The highest BCUT2D eigenvalue weighted by atomic mass is 35.5. The third-order valence-electron chi connectivity index (χ3n) is 5.31. The summed E-state index contributed by atoms with van der Waals surface area (Å²) in [5, 5.41) is 3.60. The first kappa shape index (κ1) is 18.7. The molecule has 1 amide bonds. The molecule has 2 aromatic carbocycles. The molecule has 28 heavy (non-hydrogen) atoms. The van der Waals surface area contributed by atoms with E-state index >= 15 is 0 Å². The van der Waals surface area contributed by atoms with Gasteiger partial charge in [-0.1, -0.05) is 11.6 Å². The van der Waals surface area contributed by atoms with E-state index in [9.17, 15) is 13.6 Å². The Morgan fingerprint density at radius 2 is 2.04 bits per heavy atom. The topological polar surface area (TPSA) is 37.3 Å². The Morgan fingerprint density at radius 1 is 1.25 bits per heavy atom. The summed E-state index contributed by atoms with van der Waals surface area (Å²) in [5.74, 6) is -0.159. The van der Waals surface area contributed by atoms with Crippen LogP contribution in [0.15, 0.2) is 36.5 Å². The van der Waals surface area contributed by atoms with Crippen LogP contribution in [-0.4, -0.2) is 24.1 Å². The number of benzene rings is 2. The Hall–Kier alpha value is -2.60. The quantitative estimate of drug-likeness (QED) is 0.651. The molecule has 0 fully saturated rings. The number of nitrogens with one attached hydrogen (secondary N) is 1. The largest absolute Gasteiger partial charge is 0.355 e. The summed E-state index contributed by atoms with van der Waals surface area (Å²) in [7, 11) is 3.49. The van der Waals surface area contributed by atoms with E-state index in [4.69, 9.17) is 11.6 Å². The molecule has 0 saturated heterocycles. The van der Waals surface area contributed by atoms with Crippen molar-refractivity contribution in [3.8, 4) is 0 Å². The Kier molecular flexibility index (Phi) is 4.75. The molecule has 0 unspecified atom stereocenters. The number of hydrogen-bond donors (Lipinski definition) is 1. The van der Waals surface area contributed by atoms with E-state index in [1.807, 2.05) is 34.7 Å². The van der Waals surface area contributed by atoms with Crippen molar-refractivity contribution in [2.45, 2.75) is 19.3 Å². The molecule has 1 aliphatic heterocycles. The number of nitrogens with zero attached hydrogens (tertiary/aromatic N) is 2. The van der Waals surface area contributed by atoms with Crippen LogP contribution in [0.1, 0.15) is 34.3 Å².